The van der Waals surface area contributed by atoms with E-state index in [1.165, 1.54) is 0 Å². The minimum Gasteiger partial charge on any atom is -0.494 e. The maximum atomic E-state index is 6.45. The van der Waals surface area contributed by atoms with Gasteiger partial charge in [0.2, 0.25) is 5.95 Å². The molecule has 1 aliphatic heterocycles. The highest BCUT2D eigenvalue weighted by Crippen LogP contribution is 2.37. The smallest absolute Gasteiger partial charge is 0.229 e. The number of aromatic nitrogens is 4. The standard InChI is InChI=1S/C25H29N9O/c1-32-12-14-33(15-13-32)22-17-23(35-2)20(16-18(22)26)30-25-27-10-8-24(31-25)29-19-6-3-4-7-21(19)34-11-5-9-28-34/h3-11,16-17H,12-15,26H2,1-2H3,(H2,27,29,30,31). The van der Waals surface area contributed by atoms with Gasteiger partial charge in [-0.25, -0.2) is 9.67 Å². The lowest BCUT2D eigenvalue weighted by Gasteiger charge is -2.35. The van der Waals surface area contributed by atoms with Gasteiger partial charge in [0.15, 0.2) is 0 Å². The SMILES string of the molecule is COc1cc(N2CCN(C)CC2)c(N)cc1Nc1nccc(Nc2ccccc2-n2cccn2)n1. The Balaban J connectivity index is 1.37. The number of hydrogen-bond acceptors (Lipinski definition) is 9. The fourth-order valence-electron chi connectivity index (χ4n) is 4.11. The predicted molar refractivity (Wildman–Crippen MR) is 139 cm³/mol. The fourth-order valence-corrected chi connectivity index (χ4v) is 4.11. The number of para-hydroxylation sites is 2. The van der Waals surface area contributed by atoms with Gasteiger partial charge in [-0.1, -0.05) is 12.1 Å². The Kier molecular flexibility index (Phi) is 6.36. The molecule has 4 N–H and O–H groups in total. The zero-order valence-electron chi connectivity index (χ0n) is 19.8. The van der Waals surface area contributed by atoms with Crippen LogP contribution in [0.15, 0.2) is 67.1 Å². The zero-order valence-corrected chi connectivity index (χ0v) is 19.8. The number of nitrogen functional groups attached to an aromatic ring is 1. The van der Waals surface area contributed by atoms with Crippen LogP contribution in [0.25, 0.3) is 5.69 Å². The van der Waals surface area contributed by atoms with E-state index in [9.17, 15) is 0 Å². The van der Waals surface area contributed by atoms with Crippen molar-refractivity contribution in [2.24, 2.45) is 0 Å². The average Bonchev–Trinajstić information content (AvgIpc) is 3.40. The molecule has 0 amide bonds. The highest BCUT2D eigenvalue weighted by molar-refractivity contribution is 5.79. The molecule has 180 valence electrons. The van der Waals surface area contributed by atoms with Crippen molar-refractivity contribution in [1.82, 2.24) is 24.6 Å². The largest absolute Gasteiger partial charge is 0.494 e. The third-order valence-corrected chi connectivity index (χ3v) is 6.01. The summed E-state index contributed by atoms with van der Waals surface area (Å²) in [5, 5.41) is 11.0. The van der Waals surface area contributed by atoms with E-state index in [0.29, 0.717) is 28.9 Å². The van der Waals surface area contributed by atoms with E-state index in [0.717, 1.165) is 43.2 Å². The average molecular weight is 472 g/mol. The Bertz CT molecular complexity index is 1280. The molecule has 0 saturated carbocycles. The molecule has 0 bridgehead atoms. The summed E-state index contributed by atoms with van der Waals surface area (Å²) >= 11 is 0. The molecule has 4 aromatic rings. The van der Waals surface area contributed by atoms with Gasteiger partial charge in [-0.2, -0.15) is 10.1 Å². The summed E-state index contributed by atoms with van der Waals surface area (Å²) in [6.45, 7) is 3.85. The van der Waals surface area contributed by atoms with Crippen LogP contribution in [0.4, 0.5) is 34.5 Å². The number of benzene rings is 2. The van der Waals surface area contributed by atoms with Crippen molar-refractivity contribution in [2.45, 2.75) is 0 Å². The Morgan fingerprint density at radius 2 is 1.74 bits per heavy atom. The number of likely N-dealkylation sites (N-methyl/N-ethyl adjacent to an activating group) is 1. The van der Waals surface area contributed by atoms with Gasteiger partial charge in [0.05, 0.1) is 35.5 Å². The third-order valence-electron chi connectivity index (χ3n) is 6.01. The fraction of sp³-hybridized carbons (Fsp3) is 0.240. The van der Waals surface area contributed by atoms with E-state index in [2.05, 4.69) is 42.5 Å². The van der Waals surface area contributed by atoms with E-state index in [1.54, 1.807) is 24.2 Å². The Morgan fingerprint density at radius 3 is 2.51 bits per heavy atom. The van der Waals surface area contributed by atoms with Gasteiger partial charge in [-0.3, -0.25) is 0 Å². The second-order valence-corrected chi connectivity index (χ2v) is 8.38. The lowest BCUT2D eigenvalue weighted by Crippen LogP contribution is -2.44. The number of piperazine rings is 1. The van der Waals surface area contributed by atoms with Crippen molar-refractivity contribution in [3.05, 3.63) is 67.1 Å². The molecule has 1 aliphatic rings. The molecule has 10 heteroatoms. The highest BCUT2D eigenvalue weighted by Gasteiger charge is 2.19. The first-order chi connectivity index (χ1) is 17.1. The number of nitrogens with one attached hydrogen (secondary N) is 2. The number of ether oxygens (including phenoxy) is 1. The summed E-state index contributed by atoms with van der Waals surface area (Å²) in [5.74, 6) is 1.75. The van der Waals surface area contributed by atoms with Crippen molar-refractivity contribution >= 4 is 34.5 Å². The number of nitrogens with two attached hydrogens (primary N) is 1. The highest BCUT2D eigenvalue weighted by atomic mass is 16.5. The lowest BCUT2D eigenvalue weighted by molar-refractivity contribution is 0.313. The van der Waals surface area contributed by atoms with Crippen LogP contribution >= 0.6 is 0 Å². The summed E-state index contributed by atoms with van der Waals surface area (Å²) in [5.41, 5.74) is 10.6. The monoisotopic (exact) mass is 471 g/mol. The lowest BCUT2D eigenvalue weighted by atomic mass is 10.2. The maximum Gasteiger partial charge on any atom is 0.229 e. The molecule has 1 saturated heterocycles. The van der Waals surface area contributed by atoms with E-state index in [1.807, 2.05) is 54.7 Å². The number of nitrogens with zero attached hydrogens (tertiary/aromatic N) is 6. The Labute approximate surface area is 204 Å². The summed E-state index contributed by atoms with van der Waals surface area (Å²) in [7, 11) is 3.78. The molecule has 2 aromatic heterocycles. The third kappa shape index (κ3) is 4.97. The molecule has 0 radical (unpaired) electrons. The van der Waals surface area contributed by atoms with Crippen LogP contribution in [0.2, 0.25) is 0 Å². The van der Waals surface area contributed by atoms with Crippen LogP contribution < -0.4 is 26.0 Å². The molecular formula is C25H29N9O. The van der Waals surface area contributed by atoms with Crippen LogP contribution in [0.5, 0.6) is 5.75 Å². The second kappa shape index (κ2) is 9.90. The summed E-state index contributed by atoms with van der Waals surface area (Å²) in [6, 6.07) is 15.5. The molecule has 3 heterocycles. The van der Waals surface area contributed by atoms with Crippen LogP contribution in [-0.4, -0.2) is 65.0 Å². The van der Waals surface area contributed by atoms with Gasteiger partial charge < -0.3 is 30.9 Å². The Hall–Kier alpha value is -4.31. The van der Waals surface area contributed by atoms with E-state index >= 15 is 0 Å². The molecular weight excluding hydrogens is 442 g/mol. The van der Waals surface area contributed by atoms with Gasteiger partial charge in [0.1, 0.15) is 11.6 Å². The van der Waals surface area contributed by atoms with Crippen molar-refractivity contribution < 1.29 is 4.74 Å². The Morgan fingerprint density at radius 1 is 0.914 bits per heavy atom. The number of methoxy groups -OCH3 is 1. The number of hydrogen-bond donors (Lipinski definition) is 3. The second-order valence-electron chi connectivity index (χ2n) is 8.38. The quantitative estimate of drug-likeness (QED) is 0.349. The van der Waals surface area contributed by atoms with Crippen molar-refractivity contribution in [1.29, 1.82) is 0 Å². The van der Waals surface area contributed by atoms with E-state index in [-0.39, 0.29) is 0 Å². The van der Waals surface area contributed by atoms with Crippen LogP contribution in [0, 0.1) is 0 Å². The van der Waals surface area contributed by atoms with Crippen LogP contribution in [0.3, 0.4) is 0 Å². The minimum atomic E-state index is 0.427. The van der Waals surface area contributed by atoms with Crippen molar-refractivity contribution in [3.63, 3.8) is 0 Å². The molecule has 0 aliphatic carbocycles. The van der Waals surface area contributed by atoms with Crippen molar-refractivity contribution in [2.75, 3.05) is 61.6 Å². The summed E-state index contributed by atoms with van der Waals surface area (Å²) in [6.07, 6.45) is 5.34. The maximum absolute atomic E-state index is 6.45. The first-order valence-corrected chi connectivity index (χ1v) is 11.5. The van der Waals surface area contributed by atoms with Gasteiger partial charge in [0.25, 0.3) is 0 Å². The predicted octanol–water partition coefficient (Wildman–Crippen LogP) is 3.49. The van der Waals surface area contributed by atoms with Gasteiger partial charge in [-0.15, -0.1) is 0 Å². The van der Waals surface area contributed by atoms with Crippen LogP contribution in [-0.2, 0) is 0 Å². The minimum absolute atomic E-state index is 0.427. The van der Waals surface area contributed by atoms with E-state index < -0.39 is 0 Å². The number of anilines is 6. The topological polar surface area (TPSA) is 109 Å². The molecule has 2 aromatic carbocycles. The zero-order chi connectivity index (χ0) is 24.2. The van der Waals surface area contributed by atoms with Gasteiger partial charge >= 0.3 is 0 Å². The molecule has 5 rings (SSSR count). The molecule has 0 atom stereocenters. The first kappa shape index (κ1) is 22.5. The molecule has 10 nitrogen and oxygen atoms in total. The molecule has 1 fully saturated rings. The molecule has 0 spiro atoms. The van der Waals surface area contributed by atoms with E-state index in [4.69, 9.17) is 10.5 Å². The van der Waals surface area contributed by atoms with Crippen molar-refractivity contribution in [3.8, 4) is 11.4 Å². The van der Waals surface area contributed by atoms with Gasteiger partial charge in [-0.05, 0) is 37.4 Å². The van der Waals surface area contributed by atoms with Gasteiger partial charge in [0, 0.05) is 50.8 Å². The molecule has 35 heavy (non-hydrogen) atoms. The normalized spacial score (nSPS) is 14.1. The summed E-state index contributed by atoms with van der Waals surface area (Å²) in [4.78, 5) is 13.6. The molecule has 0 unspecified atom stereocenters. The van der Waals surface area contributed by atoms with Crippen LogP contribution in [0.1, 0.15) is 0 Å². The number of rotatable bonds is 7. The first-order valence-electron chi connectivity index (χ1n) is 11.5. The summed E-state index contributed by atoms with van der Waals surface area (Å²) < 4.78 is 7.48.